The molecule has 0 radical (unpaired) electrons. The Labute approximate surface area is 110 Å². The van der Waals surface area contributed by atoms with Crippen LogP contribution in [-0.4, -0.2) is 18.0 Å². The SMILES string of the molecule is CCCC1CCN(C(CC#N)c2ccccc2)C1. The lowest BCUT2D eigenvalue weighted by atomic mass is 10.0. The molecule has 0 N–H and O–H groups in total. The lowest BCUT2D eigenvalue weighted by Crippen LogP contribution is -2.26. The van der Waals surface area contributed by atoms with E-state index in [4.69, 9.17) is 5.26 Å². The molecule has 0 amide bonds. The van der Waals surface area contributed by atoms with E-state index in [2.05, 4.69) is 42.2 Å². The van der Waals surface area contributed by atoms with Crippen LogP contribution in [0.1, 0.15) is 44.2 Å². The van der Waals surface area contributed by atoms with Crippen molar-refractivity contribution in [1.29, 1.82) is 5.26 Å². The van der Waals surface area contributed by atoms with Gasteiger partial charge in [0.15, 0.2) is 0 Å². The Balaban J connectivity index is 2.06. The van der Waals surface area contributed by atoms with Crippen LogP contribution >= 0.6 is 0 Å². The van der Waals surface area contributed by atoms with Gasteiger partial charge in [0.25, 0.3) is 0 Å². The number of hydrogen-bond donors (Lipinski definition) is 0. The van der Waals surface area contributed by atoms with E-state index < -0.39 is 0 Å². The van der Waals surface area contributed by atoms with E-state index in [9.17, 15) is 0 Å². The molecule has 1 fully saturated rings. The van der Waals surface area contributed by atoms with Gasteiger partial charge in [-0.05, 0) is 30.9 Å². The highest BCUT2D eigenvalue weighted by Crippen LogP contribution is 2.31. The number of nitriles is 1. The molecule has 1 aliphatic heterocycles. The lowest BCUT2D eigenvalue weighted by Gasteiger charge is -2.26. The minimum Gasteiger partial charge on any atom is -0.295 e. The van der Waals surface area contributed by atoms with Gasteiger partial charge in [-0.2, -0.15) is 5.26 Å². The van der Waals surface area contributed by atoms with Crippen LogP contribution < -0.4 is 0 Å². The summed E-state index contributed by atoms with van der Waals surface area (Å²) in [7, 11) is 0. The zero-order chi connectivity index (χ0) is 12.8. The summed E-state index contributed by atoms with van der Waals surface area (Å²) in [6.45, 7) is 4.56. The van der Waals surface area contributed by atoms with E-state index >= 15 is 0 Å². The van der Waals surface area contributed by atoms with Gasteiger partial charge in [0.2, 0.25) is 0 Å². The van der Waals surface area contributed by atoms with Crippen molar-refractivity contribution in [3.05, 3.63) is 35.9 Å². The standard InChI is InChI=1S/C16H22N2/c1-2-6-14-10-12-18(13-14)16(9-11-17)15-7-4-3-5-8-15/h3-5,7-8,14,16H,2,6,9-10,12-13H2,1H3. The maximum atomic E-state index is 9.05. The molecule has 0 bridgehead atoms. The topological polar surface area (TPSA) is 27.0 Å². The molecule has 0 saturated carbocycles. The van der Waals surface area contributed by atoms with Crippen LogP contribution in [0.5, 0.6) is 0 Å². The van der Waals surface area contributed by atoms with Crippen LogP contribution in [0.15, 0.2) is 30.3 Å². The first kappa shape index (κ1) is 13.1. The van der Waals surface area contributed by atoms with Gasteiger partial charge in [-0.3, -0.25) is 4.90 Å². The quantitative estimate of drug-likeness (QED) is 0.786. The van der Waals surface area contributed by atoms with Gasteiger partial charge in [0, 0.05) is 12.6 Å². The summed E-state index contributed by atoms with van der Waals surface area (Å²) in [5.74, 6) is 0.833. The third-order valence-electron chi connectivity index (χ3n) is 3.92. The van der Waals surface area contributed by atoms with Crippen LogP contribution in [0.2, 0.25) is 0 Å². The van der Waals surface area contributed by atoms with Gasteiger partial charge in [-0.1, -0.05) is 43.7 Å². The van der Waals surface area contributed by atoms with Gasteiger partial charge in [-0.25, -0.2) is 0 Å². The molecule has 2 atom stereocenters. The fourth-order valence-electron chi connectivity index (χ4n) is 3.01. The largest absolute Gasteiger partial charge is 0.295 e. The maximum absolute atomic E-state index is 9.05. The number of benzene rings is 1. The first-order valence-electron chi connectivity index (χ1n) is 7.01. The smallest absolute Gasteiger partial charge is 0.0641 e. The molecule has 0 spiro atoms. The zero-order valence-corrected chi connectivity index (χ0v) is 11.2. The van der Waals surface area contributed by atoms with Crippen molar-refractivity contribution in [2.24, 2.45) is 5.92 Å². The van der Waals surface area contributed by atoms with Crippen LogP contribution in [0.4, 0.5) is 0 Å². The average molecular weight is 242 g/mol. The van der Waals surface area contributed by atoms with Gasteiger partial charge in [0.1, 0.15) is 0 Å². The molecule has 2 rings (SSSR count). The molecule has 0 aliphatic carbocycles. The summed E-state index contributed by atoms with van der Waals surface area (Å²) in [5.41, 5.74) is 1.29. The highest BCUT2D eigenvalue weighted by molar-refractivity contribution is 5.20. The Morgan fingerprint density at radius 2 is 2.17 bits per heavy atom. The lowest BCUT2D eigenvalue weighted by molar-refractivity contribution is 0.237. The van der Waals surface area contributed by atoms with Crippen molar-refractivity contribution < 1.29 is 0 Å². The summed E-state index contributed by atoms with van der Waals surface area (Å²) < 4.78 is 0. The Kier molecular flexibility index (Phi) is 4.78. The summed E-state index contributed by atoms with van der Waals surface area (Å²) in [6, 6.07) is 13.1. The summed E-state index contributed by atoms with van der Waals surface area (Å²) in [5, 5.41) is 9.05. The molecule has 1 saturated heterocycles. The second kappa shape index (κ2) is 6.56. The number of rotatable bonds is 5. The van der Waals surface area contributed by atoms with E-state index in [1.807, 2.05) is 6.07 Å². The predicted molar refractivity (Wildman–Crippen MR) is 74.0 cm³/mol. The van der Waals surface area contributed by atoms with Crippen LogP contribution in [0.25, 0.3) is 0 Å². The first-order chi connectivity index (χ1) is 8.85. The molecule has 18 heavy (non-hydrogen) atoms. The normalized spacial score (nSPS) is 21.7. The Bertz CT molecular complexity index is 393. The van der Waals surface area contributed by atoms with E-state index in [0.29, 0.717) is 6.42 Å². The molecule has 1 aromatic rings. The minimum atomic E-state index is 0.290. The van der Waals surface area contributed by atoms with Crippen molar-refractivity contribution >= 4 is 0 Å². The van der Waals surface area contributed by atoms with Gasteiger partial charge < -0.3 is 0 Å². The van der Waals surface area contributed by atoms with Crippen molar-refractivity contribution in [3.8, 4) is 6.07 Å². The summed E-state index contributed by atoms with van der Waals surface area (Å²) >= 11 is 0. The highest BCUT2D eigenvalue weighted by atomic mass is 15.2. The molecule has 2 heteroatoms. The first-order valence-corrected chi connectivity index (χ1v) is 7.01. The highest BCUT2D eigenvalue weighted by Gasteiger charge is 2.28. The third-order valence-corrected chi connectivity index (χ3v) is 3.92. The molecule has 96 valence electrons. The molecular formula is C16H22N2. The molecule has 1 aromatic carbocycles. The van der Waals surface area contributed by atoms with Crippen molar-refractivity contribution in [1.82, 2.24) is 4.90 Å². The fourth-order valence-corrected chi connectivity index (χ4v) is 3.01. The molecule has 1 aliphatic rings. The van der Waals surface area contributed by atoms with Gasteiger partial charge in [0.05, 0.1) is 12.5 Å². The Hall–Kier alpha value is -1.33. The second-order valence-electron chi connectivity index (χ2n) is 5.23. The Morgan fingerprint density at radius 3 is 2.83 bits per heavy atom. The fraction of sp³-hybridized carbons (Fsp3) is 0.562. The van der Waals surface area contributed by atoms with Gasteiger partial charge in [-0.15, -0.1) is 0 Å². The second-order valence-corrected chi connectivity index (χ2v) is 5.23. The third kappa shape index (κ3) is 3.11. The van der Waals surface area contributed by atoms with Crippen molar-refractivity contribution in [2.75, 3.05) is 13.1 Å². The van der Waals surface area contributed by atoms with E-state index in [1.165, 1.54) is 24.8 Å². The van der Waals surface area contributed by atoms with Crippen LogP contribution in [0.3, 0.4) is 0 Å². The maximum Gasteiger partial charge on any atom is 0.0641 e. The van der Waals surface area contributed by atoms with E-state index in [0.717, 1.165) is 19.0 Å². The summed E-state index contributed by atoms with van der Waals surface area (Å²) in [6.07, 6.45) is 4.49. The van der Waals surface area contributed by atoms with Crippen molar-refractivity contribution in [2.45, 2.75) is 38.6 Å². The van der Waals surface area contributed by atoms with Crippen LogP contribution in [-0.2, 0) is 0 Å². The zero-order valence-electron chi connectivity index (χ0n) is 11.2. The van der Waals surface area contributed by atoms with E-state index in [1.54, 1.807) is 0 Å². The minimum absolute atomic E-state index is 0.290. The van der Waals surface area contributed by atoms with Crippen molar-refractivity contribution in [3.63, 3.8) is 0 Å². The number of nitrogens with zero attached hydrogens (tertiary/aromatic N) is 2. The van der Waals surface area contributed by atoms with Crippen LogP contribution in [0, 0.1) is 17.2 Å². The molecular weight excluding hydrogens is 220 g/mol. The molecule has 2 nitrogen and oxygen atoms in total. The number of likely N-dealkylation sites (tertiary alicyclic amines) is 1. The predicted octanol–water partition coefficient (Wildman–Crippen LogP) is 3.76. The average Bonchev–Trinajstić information content (AvgIpc) is 2.86. The van der Waals surface area contributed by atoms with E-state index in [-0.39, 0.29) is 6.04 Å². The van der Waals surface area contributed by atoms with Gasteiger partial charge >= 0.3 is 0 Å². The summed E-state index contributed by atoms with van der Waals surface area (Å²) in [4.78, 5) is 2.50. The molecule has 1 heterocycles. The molecule has 2 unspecified atom stereocenters. The monoisotopic (exact) mass is 242 g/mol. The number of hydrogen-bond acceptors (Lipinski definition) is 2. The Morgan fingerprint density at radius 1 is 1.39 bits per heavy atom. The molecule has 0 aromatic heterocycles.